The first-order valence-corrected chi connectivity index (χ1v) is 6.83. The fraction of sp³-hybridized carbons (Fsp3) is 0.154. The molecule has 24 heavy (non-hydrogen) atoms. The molecular weight excluding hydrogens is 372 g/mol. The molecule has 2 aromatic heterocycles. The van der Waals surface area contributed by atoms with E-state index < -0.39 is 34.1 Å². The molecule has 0 aromatic carbocycles. The van der Waals surface area contributed by atoms with Crippen LogP contribution in [0.15, 0.2) is 24.1 Å². The molecule has 2 aromatic rings. The molecule has 0 fully saturated rings. The number of aliphatic hydroxyl groups is 1. The molecule has 0 aliphatic carbocycles. The van der Waals surface area contributed by atoms with E-state index in [4.69, 9.17) is 33.2 Å². The van der Waals surface area contributed by atoms with E-state index in [0.29, 0.717) is 4.68 Å². The van der Waals surface area contributed by atoms with Gasteiger partial charge in [0, 0.05) is 19.3 Å². The molecule has 0 saturated carbocycles. The van der Waals surface area contributed by atoms with E-state index in [1.165, 1.54) is 24.4 Å². The van der Waals surface area contributed by atoms with E-state index in [1.54, 1.807) is 0 Å². The molecule has 126 valence electrons. The van der Waals surface area contributed by atoms with Gasteiger partial charge in [0.1, 0.15) is 11.2 Å². The zero-order valence-corrected chi connectivity index (χ0v) is 13.3. The Morgan fingerprint density at radius 2 is 2.04 bits per heavy atom. The highest BCUT2D eigenvalue weighted by Crippen LogP contribution is 2.38. The number of aromatic nitrogens is 3. The van der Waals surface area contributed by atoms with Crippen molar-refractivity contribution < 1.29 is 23.0 Å². The molecule has 0 atom stereocenters. The molecular formula is C13H7Cl2F3N4O2. The number of aryl methyl sites for hydroxylation is 1. The second-order valence-corrected chi connectivity index (χ2v) is 5.14. The van der Waals surface area contributed by atoms with Crippen LogP contribution in [-0.2, 0) is 13.2 Å². The van der Waals surface area contributed by atoms with Gasteiger partial charge in [-0.3, -0.25) is 4.68 Å². The van der Waals surface area contributed by atoms with E-state index >= 15 is 0 Å². The second-order valence-electron chi connectivity index (χ2n) is 4.34. The number of halogens is 5. The minimum Gasteiger partial charge on any atom is -0.503 e. The SMILES string of the molecule is Cn1nc(C(F)(F)F)c(C(O)=C(C#N)Oc2ccc(Cl)cn2)c1Cl. The molecule has 0 bridgehead atoms. The first-order valence-electron chi connectivity index (χ1n) is 6.08. The Bertz CT molecular complexity index is 839. The summed E-state index contributed by atoms with van der Waals surface area (Å²) in [4.78, 5) is 3.71. The lowest BCUT2D eigenvalue weighted by Crippen LogP contribution is -2.10. The quantitative estimate of drug-likeness (QED) is 0.645. The monoisotopic (exact) mass is 378 g/mol. The fourth-order valence-corrected chi connectivity index (χ4v) is 2.01. The van der Waals surface area contributed by atoms with Crippen molar-refractivity contribution in [2.24, 2.45) is 7.05 Å². The molecule has 0 saturated heterocycles. The maximum absolute atomic E-state index is 13.0. The van der Waals surface area contributed by atoms with Crippen LogP contribution < -0.4 is 4.74 Å². The van der Waals surface area contributed by atoms with Crippen LogP contribution >= 0.6 is 23.2 Å². The molecule has 2 rings (SSSR count). The summed E-state index contributed by atoms with van der Waals surface area (Å²) in [6, 6.07) is 4.10. The largest absolute Gasteiger partial charge is 0.503 e. The Balaban J connectivity index is 2.55. The molecule has 11 heteroatoms. The van der Waals surface area contributed by atoms with E-state index in [9.17, 15) is 18.3 Å². The molecule has 2 heterocycles. The lowest BCUT2D eigenvalue weighted by molar-refractivity contribution is -0.141. The lowest BCUT2D eigenvalue weighted by Gasteiger charge is -2.08. The van der Waals surface area contributed by atoms with Gasteiger partial charge in [-0.2, -0.15) is 23.5 Å². The number of hydrogen-bond acceptors (Lipinski definition) is 5. The van der Waals surface area contributed by atoms with Crippen LogP contribution in [0.4, 0.5) is 13.2 Å². The molecule has 0 amide bonds. The predicted octanol–water partition coefficient (Wildman–Crippen LogP) is 3.97. The van der Waals surface area contributed by atoms with Gasteiger partial charge in [0.25, 0.3) is 0 Å². The fourth-order valence-electron chi connectivity index (χ4n) is 1.68. The summed E-state index contributed by atoms with van der Waals surface area (Å²) in [5.41, 5.74) is -2.31. The van der Waals surface area contributed by atoms with Crippen molar-refractivity contribution in [3.63, 3.8) is 0 Å². The minimum absolute atomic E-state index is 0.156. The van der Waals surface area contributed by atoms with Crippen molar-refractivity contribution >= 4 is 29.0 Å². The van der Waals surface area contributed by atoms with Gasteiger partial charge in [-0.25, -0.2) is 4.98 Å². The van der Waals surface area contributed by atoms with Gasteiger partial charge in [-0.05, 0) is 6.07 Å². The van der Waals surface area contributed by atoms with E-state index in [-0.39, 0.29) is 10.9 Å². The summed E-state index contributed by atoms with van der Waals surface area (Å²) >= 11 is 11.4. The van der Waals surface area contributed by atoms with Crippen LogP contribution in [0.1, 0.15) is 11.3 Å². The standard InChI is InChI=1S/C13H7Cl2F3N4O2/c1-22-12(15)9(11(21-22)13(16,17)18)10(23)7(4-19)24-8-3-2-6(14)5-20-8/h2-3,5,23H,1H3. The average molecular weight is 379 g/mol. The zero-order chi connectivity index (χ0) is 18.1. The maximum Gasteiger partial charge on any atom is 0.435 e. The molecule has 1 N–H and O–H groups in total. The number of ether oxygens (including phenoxy) is 1. The van der Waals surface area contributed by atoms with Gasteiger partial charge in [-0.1, -0.05) is 23.2 Å². The van der Waals surface area contributed by atoms with Crippen LogP contribution in [0.2, 0.25) is 10.2 Å². The number of nitrogens with zero attached hydrogens (tertiary/aromatic N) is 4. The topological polar surface area (TPSA) is 84.0 Å². The number of aliphatic hydroxyl groups excluding tert-OH is 1. The van der Waals surface area contributed by atoms with Crippen molar-refractivity contribution in [1.29, 1.82) is 5.26 Å². The molecule has 0 radical (unpaired) electrons. The Labute approximate surface area is 143 Å². The predicted molar refractivity (Wildman–Crippen MR) is 78.3 cm³/mol. The van der Waals surface area contributed by atoms with Crippen molar-refractivity contribution in [3.05, 3.63) is 45.5 Å². The van der Waals surface area contributed by atoms with Gasteiger partial charge in [0.2, 0.25) is 11.6 Å². The first-order chi connectivity index (χ1) is 11.1. The summed E-state index contributed by atoms with van der Waals surface area (Å²) in [7, 11) is 1.15. The lowest BCUT2D eigenvalue weighted by atomic mass is 10.2. The third-order valence-electron chi connectivity index (χ3n) is 2.71. The number of alkyl halides is 3. The molecule has 0 aliphatic heterocycles. The van der Waals surface area contributed by atoms with E-state index in [0.717, 1.165) is 7.05 Å². The number of nitriles is 1. The van der Waals surface area contributed by atoms with E-state index in [1.807, 2.05) is 0 Å². The van der Waals surface area contributed by atoms with Crippen LogP contribution in [0.3, 0.4) is 0 Å². The third kappa shape index (κ3) is 3.55. The van der Waals surface area contributed by atoms with Crippen LogP contribution in [0.25, 0.3) is 5.76 Å². The molecule has 0 aliphatic rings. The van der Waals surface area contributed by atoms with Crippen LogP contribution in [-0.4, -0.2) is 19.9 Å². The minimum atomic E-state index is -4.90. The highest BCUT2D eigenvalue weighted by molar-refractivity contribution is 6.31. The molecule has 0 unspecified atom stereocenters. The maximum atomic E-state index is 13.0. The number of rotatable bonds is 3. The Morgan fingerprint density at radius 1 is 1.38 bits per heavy atom. The van der Waals surface area contributed by atoms with Crippen molar-refractivity contribution in [3.8, 4) is 11.9 Å². The summed E-state index contributed by atoms with van der Waals surface area (Å²) in [6.07, 6.45) is -3.70. The third-order valence-corrected chi connectivity index (χ3v) is 3.36. The highest BCUT2D eigenvalue weighted by atomic mass is 35.5. The Morgan fingerprint density at radius 3 is 2.54 bits per heavy atom. The van der Waals surface area contributed by atoms with E-state index in [2.05, 4.69) is 10.1 Å². The second kappa shape index (κ2) is 6.59. The number of hydrogen-bond donors (Lipinski definition) is 1. The summed E-state index contributed by atoms with van der Waals surface area (Å²) in [5.74, 6) is -2.10. The summed E-state index contributed by atoms with van der Waals surface area (Å²) in [5, 5.41) is 22.1. The number of pyridine rings is 1. The highest BCUT2D eigenvalue weighted by Gasteiger charge is 2.40. The Hall–Kier alpha value is -2.44. The van der Waals surface area contributed by atoms with Gasteiger partial charge < -0.3 is 9.84 Å². The summed E-state index contributed by atoms with van der Waals surface area (Å²) in [6.45, 7) is 0. The van der Waals surface area contributed by atoms with Crippen molar-refractivity contribution in [1.82, 2.24) is 14.8 Å². The van der Waals surface area contributed by atoms with Crippen LogP contribution in [0.5, 0.6) is 5.88 Å². The molecule has 0 spiro atoms. The van der Waals surface area contributed by atoms with Gasteiger partial charge >= 0.3 is 6.18 Å². The van der Waals surface area contributed by atoms with Gasteiger partial charge in [-0.15, -0.1) is 0 Å². The zero-order valence-electron chi connectivity index (χ0n) is 11.8. The van der Waals surface area contributed by atoms with Gasteiger partial charge in [0.15, 0.2) is 11.5 Å². The van der Waals surface area contributed by atoms with Crippen molar-refractivity contribution in [2.45, 2.75) is 6.18 Å². The smallest absolute Gasteiger partial charge is 0.435 e. The normalized spacial score (nSPS) is 12.5. The van der Waals surface area contributed by atoms with Crippen LogP contribution in [0, 0.1) is 11.3 Å². The van der Waals surface area contributed by atoms with Crippen molar-refractivity contribution in [2.75, 3.05) is 0 Å². The average Bonchev–Trinajstić information content (AvgIpc) is 2.82. The molecule has 6 nitrogen and oxygen atoms in total. The van der Waals surface area contributed by atoms with Gasteiger partial charge in [0.05, 0.1) is 10.6 Å². The Kier molecular flexibility index (Phi) is 4.91. The summed E-state index contributed by atoms with van der Waals surface area (Å²) < 4.78 is 44.8. The first kappa shape index (κ1) is 17.9. The number of allylic oxidation sites excluding steroid dienone is 1.